The maximum Gasteiger partial charge on any atom is 0.277 e. The number of carbonyl (C=O) groups excluding carboxylic acids is 1. The van der Waals surface area contributed by atoms with Gasteiger partial charge in [0.05, 0.1) is 39.7 Å². The number of non-ortho nitro benzene ring substituents is 2. The molecular formula is C23H18N4O7. The molecule has 0 bridgehead atoms. The van der Waals surface area contributed by atoms with Crippen LogP contribution in [-0.2, 0) is 0 Å². The summed E-state index contributed by atoms with van der Waals surface area (Å²) in [6.07, 6.45) is 7.30. The SMILES string of the molecule is O=C(c1cc([N+](=O)[O-])cc([N+](=O)[O-])c1)N1N=C2/C(=C/c3ccco3)CCC[C@@H]2[C@@H]1c1ccco1. The van der Waals surface area contributed by atoms with Gasteiger partial charge in [-0.1, -0.05) is 0 Å². The summed E-state index contributed by atoms with van der Waals surface area (Å²) in [5.74, 6) is 0.314. The summed E-state index contributed by atoms with van der Waals surface area (Å²) in [6, 6.07) is 9.32. The minimum absolute atomic E-state index is 0.168. The Balaban J connectivity index is 1.60. The van der Waals surface area contributed by atoms with Gasteiger partial charge >= 0.3 is 0 Å². The number of fused-ring (bicyclic) bond motifs is 1. The van der Waals surface area contributed by atoms with Gasteiger partial charge in [0.15, 0.2) is 0 Å². The number of hydrazone groups is 1. The highest BCUT2D eigenvalue weighted by molar-refractivity contribution is 6.09. The number of hydrogen-bond donors (Lipinski definition) is 0. The number of hydrogen-bond acceptors (Lipinski definition) is 8. The van der Waals surface area contributed by atoms with Crippen molar-refractivity contribution in [1.29, 1.82) is 0 Å². The Morgan fingerprint density at radius 1 is 1.06 bits per heavy atom. The number of nitrogens with zero attached hydrogens (tertiary/aromatic N) is 4. The molecule has 1 aromatic carbocycles. The molecule has 2 atom stereocenters. The molecule has 2 aromatic heterocycles. The molecule has 1 saturated carbocycles. The van der Waals surface area contributed by atoms with E-state index in [0.717, 1.165) is 43.0 Å². The van der Waals surface area contributed by atoms with Gasteiger partial charge in [0, 0.05) is 18.1 Å². The minimum atomic E-state index is -0.770. The summed E-state index contributed by atoms with van der Waals surface area (Å²) in [7, 11) is 0. The fourth-order valence-corrected chi connectivity index (χ4v) is 4.51. The number of allylic oxidation sites excluding steroid dienone is 1. The average molecular weight is 462 g/mol. The number of amides is 1. The third kappa shape index (κ3) is 3.76. The number of furan rings is 2. The van der Waals surface area contributed by atoms with E-state index in [2.05, 4.69) is 5.10 Å². The van der Waals surface area contributed by atoms with Crippen molar-refractivity contribution in [3.8, 4) is 0 Å². The summed E-state index contributed by atoms with van der Waals surface area (Å²) in [5, 5.41) is 28.5. The second kappa shape index (κ2) is 8.43. The molecule has 172 valence electrons. The first-order valence-corrected chi connectivity index (χ1v) is 10.6. The molecule has 3 heterocycles. The number of rotatable bonds is 5. The monoisotopic (exact) mass is 462 g/mol. The van der Waals surface area contributed by atoms with E-state index in [1.54, 1.807) is 24.5 Å². The van der Waals surface area contributed by atoms with Crippen LogP contribution in [0, 0.1) is 26.1 Å². The number of benzene rings is 1. The lowest BCUT2D eigenvalue weighted by Crippen LogP contribution is -2.31. The lowest BCUT2D eigenvalue weighted by molar-refractivity contribution is -0.394. The van der Waals surface area contributed by atoms with Gasteiger partial charge in [-0.2, -0.15) is 5.10 Å². The molecule has 0 radical (unpaired) electrons. The highest BCUT2D eigenvalue weighted by atomic mass is 16.6. The zero-order valence-corrected chi connectivity index (χ0v) is 17.7. The Morgan fingerprint density at radius 3 is 2.38 bits per heavy atom. The third-order valence-electron chi connectivity index (χ3n) is 5.98. The summed E-state index contributed by atoms with van der Waals surface area (Å²) in [5.41, 5.74) is 0.335. The van der Waals surface area contributed by atoms with E-state index in [1.165, 1.54) is 11.3 Å². The van der Waals surface area contributed by atoms with Crippen LogP contribution in [0.5, 0.6) is 0 Å². The highest BCUT2D eigenvalue weighted by Gasteiger charge is 2.45. The molecule has 2 aliphatic rings. The zero-order valence-electron chi connectivity index (χ0n) is 17.7. The third-order valence-corrected chi connectivity index (χ3v) is 5.98. The van der Waals surface area contributed by atoms with Crippen molar-refractivity contribution in [1.82, 2.24) is 5.01 Å². The number of nitro benzene ring substituents is 2. The van der Waals surface area contributed by atoms with E-state index < -0.39 is 33.2 Å². The molecule has 5 rings (SSSR count). The van der Waals surface area contributed by atoms with Gasteiger partial charge in [-0.05, 0) is 55.2 Å². The summed E-state index contributed by atoms with van der Waals surface area (Å²) < 4.78 is 11.1. The Morgan fingerprint density at radius 2 is 1.76 bits per heavy atom. The van der Waals surface area contributed by atoms with E-state index >= 15 is 0 Å². The molecule has 1 aliphatic heterocycles. The summed E-state index contributed by atoms with van der Waals surface area (Å²) in [6.45, 7) is 0. The maximum atomic E-state index is 13.6. The smallest absolute Gasteiger partial charge is 0.277 e. The van der Waals surface area contributed by atoms with E-state index in [4.69, 9.17) is 8.83 Å². The van der Waals surface area contributed by atoms with Crippen LogP contribution < -0.4 is 0 Å². The van der Waals surface area contributed by atoms with Crippen LogP contribution in [-0.4, -0.2) is 26.5 Å². The molecule has 0 N–H and O–H groups in total. The Labute approximate surface area is 192 Å². The van der Waals surface area contributed by atoms with Gasteiger partial charge < -0.3 is 8.83 Å². The lowest BCUT2D eigenvalue weighted by Gasteiger charge is -2.27. The molecular weight excluding hydrogens is 444 g/mol. The lowest BCUT2D eigenvalue weighted by atomic mass is 9.79. The summed E-state index contributed by atoms with van der Waals surface area (Å²) in [4.78, 5) is 34.7. The molecule has 0 unspecified atom stereocenters. The fraction of sp³-hybridized carbons (Fsp3) is 0.217. The fourth-order valence-electron chi connectivity index (χ4n) is 4.51. The van der Waals surface area contributed by atoms with Crippen molar-refractivity contribution in [3.63, 3.8) is 0 Å². The Kier molecular flexibility index (Phi) is 5.28. The van der Waals surface area contributed by atoms with Gasteiger partial charge in [0.2, 0.25) is 0 Å². The zero-order chi connectivity index (χ0) is 23.8. The van der Waals surface area contributed by atoms with Crippen LogP contribution in [0.15, 0.2) is 74.5 Å². The van der Waals surface area contributed by atoms with Gasteiger partial charge in [-0.15, -0.1) is 0 Å². The van der Waals surface area contributed by atoms with Crippen LogP contribution in [0.1, 0.15) is 47.2 Å². The van der Waals surface area contributed by atoms with Crippen molar-refractivity contribution in [3.05, 3.63) is 97.9 Å². The number of carbonyl (C=O) groups is 1. The van der Waals surface area contributed by atoms with Gasteiger partial charge in [-0.3, -0.25) is 25.0 Å². The first-order chi connectivity index (χ1) is 16.4. The predicted molar refractivity (Wildman–Crippen MR) is 119 cm³/mol. The average Bonchev–Trinajstić information content (AvgIpc) is 3.59. The normalized spacial score (nSPS) is 20.8. The molecule has 1 amide bonds. The number of nitro groups is 2. The molecule has 0 spiro atoms. The highest BCUT2D eigenvalue weighted by Crippen LogP contribution is 2.45. The van der Waals surface area contributed by atoms with Crippen LogP contribution in [0.25, 0.3) is 6.08 Å². The topological polar surface area (TPSA) is 145 Å². The van der Waals surface area contributed by atoms with Gasteiger partial charge in [0.25, 0.3) is 17.3 Å². The van der Waals surface area contributed by atoms with E-state index in [1.807, 2.05) is 12.1 Å². The molecule has 1 fully saturated rings. The maximum absolute atomic E-state index is 13.6. The molecule has 0 saturated heterocycles. The molecule has 11 heteroatoms. The molecule has 3 aromatic rings. The second-order valence-electron chi connectivity index (χ2n) is 8.03. The quantitative estimate of drug-likeness (QED) is 0.377. The minimum Gasteiger partial charge on any atom is -0.467 e. The van der Waals surface area contributed by atoms with Crippen LogP contribution in [0.2, 0.25) is 0 Å². The Bertz CT molecular complexity index is 1290. The second-order valence-corrected chi connectivity index (χ2v) is 8.03. The van der Waals surface area contributed by atoms with E-state index in [0.29, 0.717) is 17.2 Å². The van der Waals surface area contributed by atoms with Crippen LogP contribution in [0.3, 0.4) is 0 Å². The van der Waals surface area contributed by atoms with Gasteiger partial charge in [-0.25, -0.2) is 5.01 Å². The Hall–Kier alpha value is -4.54. The summed E-state index contributed by atoms with van der Waals surface area (Å²) >= 11 is 0. The predicted octanol–water partition coefficient (Wildman–Crippen LogP) is 5.13. The van der Waals surface area contributed by atoms with E-state index in [-0.39, 0.29) is 11.5 Å². The molecule has 1 aliphatic carbocycles. The van der Waals surface area contributed by atoms with Crippen molar-refractivity contribution in [2.45, 2.75) is 25.3 Å². The van der Waals surface area contributed by atoms with E-state index in [9.17, 15) is 25.0 Å². The standard InChI is InChI=1S/C23H18N4O7/c28-23(15-10-16(26(29)30)13-17(11-15)27(31)32)25-22(20-7-3-9-34-20)19-6-1-4-14(21(19)24-25)12-18-5-2-8-33-18/h2-3,5,7-13,19,22H,1,4,6H2/b14-12+/t19-,22+/m0/s1. The molecule has 34 heavy (non-hydrogen) atoms. The van der Waals surface area contributed by atoms with Gasteiger partial charge in [0.1, 0.15) is 17.6 Å². The molecule has 11 nitrogen and oxygen atoms in total. The largest absolute Gasteiger partial charge is 0.467 e. The van der Waals surface area contributed by atoms with Crippen molar-refractivity contribution >= 4 is 29.1 Å². The van der Waals surface area contributed by atoms with Crippen LogP contribution in [0.4, 0.5) is 11.4 Å². The first kappa shape index (κ1) is 21.3. The van der Waals surface area contributed by atoms with Crippen molar-refractivity contribution in [2.24, 2.45) is 11.0 Å². The first-order valence-electron chi connectivity index (χ1n) is 10.6. The van der Waals surface area contributed by atoms with Crippen molar-refractivity contribution < 1.29 is 23.5 Å². The van der Waals surface area contributed by atoms with Crippen molar-refractivity contribution in [2.75, 3.05) is 0 Å². The van der Waals surface area contributed by atoms with Crippen LogP contribution >= 0.6 is 0 Å².